The summed E-state index contributed by atoms with van der Waals surface area (Å²) in [6.45, 7) is 3.95. The van der Waals surface area contributed by atoms with Crippen molar-refractivity contribution in [1.29, 1.82) is 0 Å². The monoisotopic (exact) mass is 354 g/mol. The van der Waals surface area contributed by atoms with E-state index >= 15 is 0 Å². The van der Waals surface area contributed by atoms with Crippen LogP contribution in [-0.2, 0) is 14.3 Å². The molecule has 0 bridgehead atoms. The molecule has 0 radical (unpaired) electrons. The molecule has 0 saturated heterocycles. The fourth-order valence-corrected chi connectivity index (χ4v) is 2.30. The van der Waals surface area contributed by atoms with Gasteiger partial charge in [-0.05, 0) is 50.2 Å². The van der Waals surface area contributed by atoms with Crippen molar-refractivity contribution in [2.75, 3.05) is 17.2 Å². The Morgan fingerprint density at radius 1 is 0.923 bits per heavy atom. The summed E-state index contributed by atoms with van der Waals surface area (Å²) in [5.41, 5.74) is 2.81. The van der Waals surface area contributed by atoms with Crippen LogP contribution in [0, 0.1) is 6.92 Å². The van der Waals surface area contributed by atoms with Gasteiger partial charge in [0, 0.05) is 23.4 Å². The van der Waals surface area contributed by atoms with Gasteiger partial charge in [-0.3, -0.25) is 14.4 Å². The molecule has 0 aliphatic carbocycles. The SMILES string of the molecule is CCOC(=O)CCC(=O)Nc1ccc(NC(=O)c2cccc(C)c2)cc1. The van der Waals surface area contributed by atoms with Gasteiger partial charge >= 0.3 is 5.97 Å². The molecular weight excluding hydrogens is 332 g/mol. The lowest BCUT2D eigenvalue weighted by molar-refractivity contribution is -0.144. The third-order valence-electron chi connectivity index (χ3n) is 3.57. The summed E-state index contributed by atoms with van der Waals surface area (Å²) in [5, 5.41) is 5.51. The molecule has 0 atom stereocenters. The molecule has 2 aromatic rings. The normalized spacial score (nSPS) is 10.1. The molecule has 0 aromatic heterocycles. The maximum absolute atomic E-state index is 12.2. The summed E-state index contributed by atoms with van der Waals surface area (Å²) in [7, 11) is 0. The largest absolute Gasteiger partial charge is 0.466 e. The number of nitrogens with one attached hydrogen (secondary N) is 2. The molecule has 2 aromatic carbocycles. The number of amides is 2. The predicted octanol–water partition coefficient (Wildman–Crippen LogP) is 3.53. The maximum Gasteiger partial charge on any atom is 0.306 e. The van der Waals surface area contributed by atoms with Gasteiger partial charge in [-0.2, -0.15) is 0 Å². The number of carbonyl (C=O) groups excluding carboxylic acids is 3. The molecule has 2 N–H and O–H groups in total. The van der Waals surface area contributed by atoms with Gasteiger partial charge < -0.3 is 15.4 Å². The lowest BCUT2D eigenvalue weighted by Crippen LogP contribution is -2.15. The van der Waals surface area contributed by atoms with Crippen LogP contribution in [0.3, 0.4) is 0 Å². The predicted molar refractivity (Wildman–Crippen MR) is 100 cm³/mol. The van der Waals surface area contributed by atoms with Gasteiger partial charge in [-0.15, -0.1) is 0 Å². The second-order valence-corrected chi connectivity index (χ2v) is 5.75. The number of hydrogen-bond donors (Lipinski definition) is 2. The number of ether oxygens (including phenoxy) is 1. The van der Waals surface area contributed by atoms with Gasteiger partial charge in [0.15, 0.2) is 0 Å². The summed E-state index contributed by atoms with van der Waals surface area (Å²) in [4.78, 5) is 35.3. The molecule has 0 fully saturated rings. The molecule has 0 aliphatic rings. The lowest BCUT2D eigenvalue weighted by atomic mass is 10.1. The smallest absolute Gasteiger partial charge is 0.306 e. The quantitative estimate of drug-likeness (QED) is 0.745. The van der Waals surface area contributed by atoms with Crippen molar-refractivity contribution in [2.45, 2.75) is 26.7 Å². The number of anilines is 2. The van der Waals surface area contributed by atoms with Gasteiger partial charge in [0.25, 0.3) is 5.91 Å². The molecule has 2 rings (SSSR count). The Labute approximate surface area is 152 Å². The summed E-state index contributed by atoms with van der Waals surface area (Å²) in [5.74, 6) is -0.855. The second-order valence-electron chi connectivity index (χ2n) is 5.75. The van der Waals surface area contributed by atoms with E-state index < -0.39 is 5.97 Å². The summed E-state index contributed by atoms with van der Waals surface area (Å²) in [6.07, 6.45) is 0.106. The topological polar surface area (TPSA) is 84.5 Å². The Kier molecular flexibility index (Phi) is 6.91. The van der Waals surface area contributed by atoms with Crippen molar-refractivity contribution in [3.05, 3.63) is 59.7 Å². The van der Waals surface area contributed by atoms with Crippen LogP contribution < -0.4 is 10.6 Å². The number of hydrogen-bond acceptors (Lipinski definition) is 4. The van der Waals surface area contributed by atoms with Crippen molar-refractivity contribution < 1.29 is 19.1 Å². The van der Waals surface area contributed by atoms with Crippen LogP contribution >= 0.6 is 0 Å². The zero-order valence-electron chi connectivity index (χ0n) is 14.9. The highest BCUT2D eigenvalue weighted by molar-refractivity contribution is 6.04. The van der Waals surface area contributed by atoms with E-state index in [0.717, 1.165) is 5.56 Å². The average Bonchev–Trinajstić information content (AvgIpc) is 2.62. The maximum atomic E-state index is 12.2. The minimum Gasteiger partial charge on any atom is -0.466 e. The summed E-state index contributed by atoms with van der Waals surface area (Å²) < 4.78 is 4.78. The molecule has 0 heterocycles. The molecule has 0 aliphatic heterocycles. The van der Waals surface area contributed by atoms with Gasteiger partial charge in [0.05, 0.1) is 13.0 Å². The van der Waals surface area contributed by atoms with E-state index in [9.17, 15) is 14.4 Å². The summed E-state index contributed by atoms with van der Waals surface area (Å²) >= 11 is 0. The number of carbonyl (C=O) groups is 3. The Bertz CT molecular complexity index is 785. The van der Waals surface area contributed by atoms with Crippen LogP contribution in [0.5, 0.6) is 0 Å². The highest BCUT2D eigenvalue weighted by atomic mass is 16.5. The molecule has 2 amide bonds. The van der Waals surface area contributed by atoms with Crippen LogP contribution in [0.15, 0.2) is 48.5 Å². The van der Waals surface area contributed by atoms with E-state index in [0.29, 0.717) is 23.5 Å². The molecular formula is C20H22N2O4. The Balaban J connectivity index is 1.86. The van der Waals surface area contributed by atoms with Crippen LogP contribution in [0.2, 0.25) is 0 Å². The van der Waals surface area contributed by atoms with E-state index in [-0.39, 0.29) is 24.7 Å². The standard InChI is InChI=1S/C20H22N2O4/c1-3-26-19(24)12-11-18(23)21-16-7-9-17(10-8-16)22-20(25)15-6-4-5-14(2)13-15/h4-10,13H,3,11-12H2,1-2H3,(H,21,23)(H,22,25). The van der Waals surface area contributed by atoms with Gasteiger partial charge in [0.1, 0.15) is 0 Å². The van der Waals surface area contributed by atoms with Gasteiger partial charge in [0.2, 0.25) is 5.91 Å². The number of esters is 1. The Morgan fingerprint density at radius 3 is 2.19 bits per heavy atom. The third-order valence-corrected chi connectivity index (χ3v) is 3.57. The van der Waals surface area contributed by atoms with E-state index in [1.54, 1.807) is 37.3 Å². The number of benzene rings is 2. The third kappa shape index (κ3) is 6.05. The molecule has 136 valence electrons. The minimum atomic E-state index is -0.392. The molecule has 26 heavy (non-hydrogen) atoms. The fraction of sp³-hybridized carbons (Fsp3) is 0.250. The second kappa shape index (κ2) is 9.36. The fourth-order valence-electron chi connectivity index (χ4n) is 2.30. The first-order valence-electron chi connectivity index (χ1n) is 8.41. The van der Waals surface area contributed by atoms with E-state index in [4.69, 9.17) is 4.74 Å². The average molecular weight is 354 g/mol. The first kappa shape index (κ1) is 19.2. The first-order valence-corrected chi connectivity index (χ1v) is 8.41. The lowest BCUT2D eigenvalue weighted by Gasteiger charge is -2.08. The van der Waals surface area contributed by atoms with Gasteiger partial charge in [-0.25, -0.2) is 0 Å². The first-order chi connectivity index (χ1) is 12.5. The zero-order chi connectivity index (χ0) is 18.9. The zero-order valence-corrected chi connectivity index (χ0v) is 14.9. The Morgan fingerprint density at radius 2 is 1.58 bits per heavy atom. The molecule has 0 spiro atoms. The molecule has 0 unspecified atom stereocenters. The van der Waals surface area contributed by atoms with Crippen LogP contribution in [-0.4, -0.2) is 24.4 Å². The highest BCUT2D eigenvalue weighted by Crippen LogP contribution is 2.15. The van der Waals surface area contributed by atoms with E-state index in [2.05, 4.69) is 10.6 Å². The number of aryl methyl sites for hydroxylation is 1. The minimum absolute atomic E-state index is 0.0459. The highest BCUT2D eigenvalue weighted by Gasteiger charge is 2.09. The van der Waals surface area contributed by atoms with Crippen molar-refractivity contribution in [3.8, 4) is 0 Å². The molecule has 6 nitrogen and oxygen atoms in total. The Hall–Kier alpha value is -3.15. The van der Waals surface area contributed by atoms with Crippen molar-refractivity contribution in [3.63, 3.8) is 0 Å². The van der Waals surface area contributed by atoms with E-state index in [1.165, 1.54) is 0 Å². The number of rotatable bonds is 7. The van der Waals surface area contributed by atoms with Gasteiger partial charge in [-0.1, -0.05) is 17.7 Å². The summed E-state index contributed by atoms with van der Waals surface area (Å²) in [6, 6.07) is 14.1. The van der Waals surface area contributed by atoms with Crippen LogP contribution in [0.4, 0.5) is 11.4 Å². The van der Waals surface area contributed by atoms with Crippen molar-refractivity contribution in [2.24, 2.45) is 0 Å². The van der Waals surface area contributed by atoms with Crippen molar-refractivity contribution in [1.82, 2.24) is 0 Å². The van der Waals surface area contributed by atoms with Crippen LogP contribution in [0.25, 0.3) is 0 Å². The van der Waals surface area contributed by atoms with E-state index in [1.807, 2.05) is 25.1 Å². The van der Waals surface area contributed by atoms with Crippen molar-refractivity contribution >= 4 is 29.2 Å². The van der Waals surface area contributed by atoms with Crippen LogP contribution in [0.1, 0.15) is 35.7 Å². The molecule has 0 saturated carbocycles. The molecule has 6 heteroatoms.